The van der Waals surface area contributed by atoms with E-state index in [4.69, 9.17) is 0 Å². The summed E-state index contributed by atoms with van der Waals surface area (Å²) in [5, 5.41) is 2.04. The average Bonchev–Trinajstić information content (AvgIpc) is 2.64. The Hall–Kier alpha value is 0.756. The molecule has 0 N–H and O–H groups in total. The van der Waals surface area contributed by atoms with Gasteiger partial charge in [0.05, 0.1) is 0 Å². The van der Waals surface area contributed by atoms with Gasteiger partial charge in [0.1, 0.15) is 0 Å². The third-order valence-electron chi connectivity index (χ3n) is 6.91. The van der Waals surface area contributed by atoms with Gasteiger partial charge >= 0.3 is 167 Å². The normalized spacial score (nSPS) is 13.5. The fourth-order valence-corrected chi connectivity index (χ4v) is 30.3. The minimum absolute atomic E-state index is 1.18. The molecule has 0 radical (unpaired) electrons. The first kappa shape index (κ1) is 25.8. The second-order valence-electron chi connectivity index (χ2n) is 8.47. The van der Waals surface area contributed by atoms with Gasteiger partial charge in [0, 0.05) is 0 Å². The third kappa shape index (κ3) is 8.53. The van der Waals surface area contributed by atoms with Gasteiger partial charge in [-0.1, -0.05) is 0 Å². The van der Waals surface area contributed by atoms with E-state index in [1.807, 2.05) is 5.20 Å². The van der Waals surface area contributed by atoms with E-state index in [-0.39, 0.29) is 0 Å². The zero-order valence-electron chi connectivity index (χ0n) is 19.0. The van der Waals surface area contributed by atoms with Gasteiger partial charge in [-0.05, 0) is 0 Å². The molecule has 0 saturated carbocycles. The van der Waals surface area contributed by atoms with Crippen LogP contribution in [0.5, 0.6) is 0 Å². The second kappa shape index (κ2) is 14.8. The number of unbranched alkanes of at least 4 members (excludes halogenated alkanes) is 3. The number of allylic oxidation sites excluding steroid dienone is 2. The Labute approximate surface area is 166 Å². The number of rotatable bonds is 16. The Balaban J connectivity index is 5.72. The molecule has 0 unspecified atom stereocenters. The molecule has 150 valence electrons. The van der Waals surface area contributed by atoms with Crippen molar-refractivity contribution in [3.8, 4) is 0 Å². The van der Waals surface area contributed by atoms with Gasteiger partial charge < -0.3 is 0 Å². The van der Waals surface area contributed by atoms with E-state index in [9.17, 15) is 0 Å². The summed E-state index contributed by atoms with van der Waals surface area (Å²) in [4.78, 5) is 0. The van der Waals surface area contributed by atoms with Crippen LogP contribution < -0.4 is 0 Å². The summed E-state index contributed by atoms with van der Waals surface area (Å²) in [5.74, 6) is 0. The van der Waals surface area contributed by atoms with E-state index in [2.05, 4.69) is 54.5 Å². The van der Waals surface area contributed by atoms with E-state index in [0.717, 1.165) is 0 Å². The molecule has 0 fully saturated rings. The van der Waals surface area contributed by atoms with Gasteiger partial charge in [0.2, 0.25) is 0 Å². The summed E-state index contributed by atoms with van der Waals surface area (Å²) in [7, 11) is -1.18. The summed E-state index contributed by atoms with van der Waals surface area (Å²) >= 11 is -2.05. The maximum atomic E-state index is 2.73. The molecular formula is C23H50SiSn. The van der Waals surface area contributed by atoms with Crippen molar-refractivity contribution in [2.45, 2.75) is 129 Å². The zero-order chi connectivity index (χ0) is 19.2. The second-order valence-corrected chi connectivity index (χ2v) is 27.6. The van der Waals surface area contributed by atoms with Crippen LogP contribution in [0.25, 0.3) is 0 Å². The first-order valence-electron chi connectivity index (χ1n) is 11.7. The van der Waals surface area contributed by atoms with Crippen LogP contribution in [-0.2, 0) is 0 Å². The molecule has 0 aliphatic carbocycles. The molecule has 0 saturated heterocycles. The number of hydrogen-bond acceptors (Lipinski definition) is 0. The summed E-state index contributed by atoms with van der Waals surface area (Å²) < 4.78 is 6.67. The van der Waals surface area contributed by atoms with Crippen molar-refractivity contribution in [3.05, 3.63) is 11.3 Å². The van der Waals surface area contributed by atoms with Crippen molar-refractivity contribution in [2.24, 2.45) is 0 Å². The summed E-state index contributed by atoms with van der Waals surface area (Å²) in [6.07, 6.45) is 12.8. The molecule has 0 amide bonds. The topological polar surface area (TPSA) is 0 Å². The van der Waals surface area contributed by atoms with Crippen LogP contribution in [0.15, 0.2) is 11.3 Å². The average molecular weight is 473 g/mol. The van der Waals surface area contributed by atoms with Crippen LogP contribution in [0.1, 0.15) is 93.4 Å². The standard InChI is InChI=1S/C11H23Si.3C4H9.Sn/c1-6-10-11(5)12(7-2,8-3)9-4;3*1-3-4-2;/h10H,5-9H2,1-4H3;3*1,3-4H2,2H3;/b11-10-;;;;. The van der Waals surface area contributed by atoms with Gasteiger partial charge in [0.15, 0.2) is 0 Å². The Morgan fingerprint density at radius 1 is 0.680 bits per heavy atom. The molecule has 0 spiro atoms. The van der Waals surface area contributed by atoms with E-state index in [1.54, 1.807) is 17.7 Å². The Bertz CT molecular complexity index is 314. The predicted molar refractivity (Wildman–Crippen MR) is 125 cm³/mol. The Morgan fingerprint density at radius 3 is 1.36 bits per heavy atom. The van der Waals surface area contributed by atoms with Crippen molar-refractivity contribution in [3.63, 3.8) is 0 Å². The van der Waals surface area contributed by atoms with Gasteiger partial charge in [-0.3, -0.25) is 0 Å². The third-order valence-corrected chi connectivity index (χ3v) is 29.1. The molecule has 0 aromatic carbocycles. The van der Waals surface area contributed by atoms with Crippen LogP contribution >= 0.6 is 0 Å². The summed E-state index contributed by atoms with van der Waals surface area (Å²) in [6, 6.07) is 4.43. The van der Waals surface area contributed by atoms with Crippen LogP contribution in [0.2, 0.25) is 35.9 Å². The molecule has 0 heterocycles. The van der Waals surface area contributed by atoms with Gasteiger partial charge in [-0.2, -0.15) is 0 Å². The molecule has 0 aliphatic heterocycles. The molecular weight excluding hydrogens is 423 g/mol. The van der Waals surface area contributed by atoms with Gasteiger partial charge in [-0.15, -0.1) is 0 Å². The molecule has 0 aromatic rings. The summed E-state index contributed by atoms with van der Waals surface area (Å²) in [6.45, 7) is 17.1. The molecule has 0 bridgehead atoms. The van der Waals surface area contributed by atoms with Crippen molar-refractivity contribution in [2.75, 3.05) is 0 Å². The van der Waals surface area contributed by atoms with Crippen LogP contribution in [0, 0.1) is 0 Å². The van der Waals surface area contributed by atoms with E-state index in [1.165, 1.54) is 63.1 Å². The molecule has 0 aliphatic rings. The molecule has 0 rings (SSSR count). The summed E-state index contributed by atoms with van der Waals surface area (Å²) in [5.41, 5.74) is 0. The van der Waals surface area contributed by atoms with Crippen LogP contribution in [-0.4, -0.2) is 26.5 Å². The molecule has 0 atom stereocenters. The maximum absolute atomic E-state index is 2.73. The molecule has 2 heteroatoms. The fraction of sp³-hybridized carbons (Fsp3) is 0.913. The monoisotopic (exact) mass is 474 g/mol. The SMILES string of the molecule is CC/C=C(/[CH2][Sn]([CH2]CCC)([CH2]CCC)[CH2]CCC)[Si](CC)(CC)CC. The Kier molecular flexibility index (Phi) is 15.2. The van der Waals surface area contributed by atoms with Gasteiger partial charge in [0.25, 0.3) is 0 Å². The molecule has 0 nitrogen and oxygen atoms in total. The number of hydrogen-bond donors (Lipinski definition) is 0. The first-order chi connectivity index (χ1) is 12.0. The van der Waals surface area contributed by atoms with E-state index >= 15 is 0 Å². The minimum atomic E-state index is -2.05. The van der Waals surface area contributed by atoms with Crippen molar-refractivity contribution < 1.29 is 0 Å². The van der Waals surface area contributed by atoms with Crippen molar-refractivity contribution >= 4 is 26.5 Å². The fourth-order valence-electron chi connectivity index (χ4n) is 4.85. The predicted octanol–water partition coefficient (Wildman–Crippen LogP) is 9.22. The van der Waals surface area contributed by atoms with E-state index in [0.29, 0.717) is 0 Å². The van der Waals surface area contributed by atoms with Gasteiger partial charge in [-0.25, -0.2) is 0 Å². The molecule has 25 heavy (non-hydrogen) atoms. The van der Waals surface area contributed by atoms with Crippen LogP contribution in [0.4, 0.5) is 0 Å². The van der Waals surface area contributed by atoms with Crippen molar-refractivity contribution in [1.82, 2.24) is 0 Å². The van der Waals surface area contributed by atoms with Crippen molar-refractivity contribution in [1.29, 1.82) is 0 Å². The zero-order valence-corrected chi connectivity index (χ0v) is 22.8. The van der Waals surface area contributed by atoms with Crippen LogP contribution in [0.3, 0.4) is 0 Å². The molecule has 0 aromatic heterocycles. The quantitative estimate of drug-likeness (QED) is 0.196. The van der Waals surface area contributed by atoms with E-state index < -0.39 is 26.5 Å². The Morgan fingerprint density at radius 2 is 1.08 bits per heavy atom. The first-order valence-corrected chi connectivity index (χ1v) is 22.4.